The average molecular weight is 355 g/mol. The minimum absolute atomic E-state index is 0.00209. The van der Waals surface area contributed by atoms with E-state index >= 15 is 0 Å². The minimum atomic E-state index is -3.89. The molecule has 0 bridgehead atoms. The van der Waals surface area contributed by atoms with Crippen LogP contribution in [0.15, 0.2) is 57.9 Å². The average Bonchev–Trinajstić information content (AvgIpc) is 3.14. The maximum absolute atomic E-state index is 12.5. The standard InChI is InChI=1S/C17H13N3O4S/c1-11-6-8-12(9-7-11)16-18-15(19-24-16)10-20-17(21)13-4-2-3-5-14(13)25(20,22)23/h2-9H,10H2,1H3. The molecule has 0 saturated carbocycles. The van der Waals surface area contributed by atoms with Crippen molar-refractivity contribution in [3.63, 3.8) is 0 Å². The van der Waals surface area contributed by atoms with Gasteiger partial charge in [-0.2, -0.15) is 4.98 Å². The van der Waals surface area contributed by atoms with Crippen molar-refractivity contribution in [3.05, 3.63) is 65.5 Å². The maximum Gasteiger partial charge on any atom is 0.269 e. The summed E-state index contributed by atoms with van der Waals surface area (Å²) >= 11 is 0. The van der Waals surface area contributed by atoms with Gasteiger partial charge in [-0.1, -0.05) is 35.0 Å². The van der Waals surface area contributed by atoms with Crippen molar-refractivity contribution in [3.8, 4) is 11.5 Å². The monoisotopic (exact) mass is 355 g/mol. The lowest BCUT2D eigenvalue weighted by Crippen LogP contribution is -2.29. The van der Waals surface area contributed by atoms with Crippen LogP contribution in [0.4, 0.5) is 0 Å². The van der Waals surface area contributed by atoms with Crippen molar-refractivity contribution in [1.82, 2.24) is 14.4 Å². The van der Waals surface area contributed by atoms with E-state index in [2.05, 4.69) is 10.1 Å². The zero-order valence-corrected chi connectivity index (χ0v) is 14.0. The van der Waals surface area contributed by atoms with Gasteiger partial charge in [0.2, 0.25) is 0 Å². The molecule has 3 aromatic rings. The summed E-state index contributed by atoms with van der Waals surface area (Å²) in [5, 5.41) is 3.80. The highest BCUT2D eigenvalue weighted by atomic mass is 32.2. The molecule has 1 aliphatic rings. The van der Waals surface area contributed by atoms with Crippen LogP contribution in [0.3, 0.4) is 0 Å². The van der Waals surface area contributed by atoms with Crippen molar-refractivity contribution >= 4 is 15.9 Å². The van der Waals surface area contributed by atoms with E-state index < -0.39 is 15.9 Å². The molecule has 0 unspecified atom stereocenters. The number of sulfonamides is 1. The number of hydrogen-bond acceptors (Lipinski definition) is 6. The first kappa shape index (κ1) is 15.5. The lowest BCUT2D eigenvalue weighted by atomic mass is 10.1. The zero-order chi connectivity index (χ0) is 17.6. The van der Waals surface area contributed by atoms with Crippen LogP contribution in [0, 0.1) is 6.92 Å². The summed E-state index contributed by atoms with van der Waals surface area (Å²) in [6, 6.07) is 13.6. The Kier molecular flexibility index (Phi) is 3.43. The smallest absolute Gasteiger partial charge is 0.269 e. The van der Waals surface area contributed by atoms with Gasteiger partial charge in [0.1, 0.15) is 11.4 Å². The van der Waals surface area contributed by atoms with Crippen LogP contribution in [0.5, 0.6) is 0 Å². The van der Waals surface area contributed by atoms with E-state index in [1.54, 1.807) is 12.1 Å². The van der Waals surface area contributed by atoms with Crippen molar-refractivity contribution < 1.29 is 17.7 Å². The van der Waals surface area contributed by atoms with Gasteiger partial charge in [-0.05, 0) is 31.2 Å². The van der Waals surface area contributed by atoms with E-state index in [1.807, 2.05) is 31.2 Å². The third-order valence-electron chi connectivity index (χ3n) is 3.96. The number of carbonyl (C=O) groups is 1. The van der Waals surface area contributed by atoms with Gasteiger partial charge in [0.15, 0.2) is 5.82 Å². The summed E-state index contributed by atoms with van der Waals surface area (Å²) in [4.78, 5) is 16.6. The topological polar surface area (TPSA) is 93.4 Å². The molecule has 0 saturated heterocycles. The second-order valence-electron chi connectivity index (χ2n) is 5.69. The first-order chi connectivity index (χ1) is 12.0. The van der Waals surface area contributed by atoms with Crippen molar-refractivity contribution in [2.24, 2.45) is 0 Å². The number of nitrogens with zero attached hydrogens (tertiary/aromatic N) is 3. The number of rotatable bonds is 3. The lowest BCUT2D eigenvalue weighted by Gasteiger charge is -2.11. The van der Waals surface area contributed by atoms with Crippen LogP contribution >= 0.6 is 0 Å². The van der Waals surface area contributed by atoms with E-state index in [0.29, 0.717) is 0 Å². The van der Waals surface area contributed by atoms with Crippen LogP contribution in [0.2, 0.25) is 0 Å². The van der Waals surface area contributed by atoms with Gasteiger partial charge in [-0.15, -0.1) is 0 Å². The minimum Gasteiger partial charge on any atom is -0.334 e. The predicted molar refractivity (Wildman–Crippen MR) is 88.0 cm³/mol. The Labute approximate surface area is 144 Å². The summed E-state index contributed by atoms with van der Waals surface area (Å²) in [6.07, 6.45) is 0. The Hall–Kier alpha value is -3.00. The number of benzene rings is 2. The Morgan fingerprint density at radius 3 is 2.52 bits per heavy atom. The molecule has 0 fully saturated rings. The molecule has 1 amide bonds. The van der Waals surface area contributed by atoms with E-state index in [1.165, 1.54) is 12.1 Å². The van der Waals surface area contributed by atoms with Gasteiger partial charge in [-0.3, -0.25) is 4.79 Å². The molecule has 126 valence electrons. The van der Waals surface area contributed by atoms with Crippen LogP contribution in [0.1, 0.15) is 21.7 Å². The molecule has 2 heterocycles. The molecular formula is C17H13N3O4S. The van der Waals surface area contributed by atoms with Crippen LogP contribution < -0.4 is 0 Å². The van der Waals surface area contributed by atoms with Gasteiger partial charge >= 0.3 is 0 Å². The highest BCUT2D eigenvalue weighted by molar-refractivity contribution is 7.90. The molecule has 0 atom stereocenters. The fraction of sp³-hybridized carbons (Fsp3) is 0.118. The molecule has 8 heteroatoms. The molecular weight excluding hydrogens is 342 g/mol. The zero-order valence-electron chi connectivity index (χ0n) is 13.2. The normalized spacial score (nSPS) is 15.4. The number of aryl methyl sites for hydroxylation is 1. The largest absolute Gasteiger partial charge is 0.334 e. The van der Waals surface area contributed by atoms with E-state index in [9.17, 15) is 13.2 Å². The number of fused-ring (bicyclic) bond motifs is 1. The Morgan fingerprint density at radius 2 is 1.80 bits per heavy atom. The fourth-order valence-electron chi connectivity index (χ4n) is 2.65. The van der Waals surface area contributed by atoms with Gasteiger partial charge in [0.05, 0.1) is 5.56 Å². The Bertz CT molecular complexity index is 1070. The highest BCUT2D eigenvalue weighted by Crippen LogP contribution is 2.31. The van der Waals surface area contributed by atoms with E-state index in [-0.39, 0.29) is 28.7 Å². The van der Waals surface area contributed by atoms with Crippen molar-refractivity contribution in [2.75, 3.05) is 0 Å². The van der Waals surface area contributed by atoms with Crippen LogP contribution in [-0.4, -0.2) is 28.8 Å². The first-order valence-corrected chi connectivity index (χ1v) is 8.96. The highest BCUT2D eigenvalue weighted by Gasteiger charge is 2.41. The SMILES string of the molecule is Cc1ccc(-c2nc(CN3C(=O)c4ccccc4S3(=O)=O)no2)cc1. The number of aromatic nitrogens is 2. The molecule has 0 aliphatic carbocycles. The Balaban J connectivity index is 1.64. The summed E-state index contributed by atoms with van der Waals surface area (Å²) in [6.45, 7) is 1.69. The maximum atomic E-state index is 12.5. The van der Waals surface area contributed by atoms with Gasteiger partial charge < -0.3 is 4.52 Å². The van der Waals surface area contributed by atoms with Crippen LogP contribution in [0.25, 0.3) is 11.5 Å². The third-order valence-corrected chi connectivity index (χ3v) is 5.75. The molecule has 0 radical (unpaired) electrons. The quantitative estimate of drug-likeness (QED) is 0.716. The molecule has 0 spiro atoms. The predicted octanol–water partition coefficient (Wildman–Crippen LogP) is 2.39. The summed E-state index contributed by atoms with van der Waals surface area (Å²) < 4.78 is 31.0. The van der Waals surface area contributed by atoms with Gasteiger partial charge in [0.25, 0.3) is 21.8 Å². The number of hydrogen-bond donors (Lipinski definition) is 0. The number of amides is 1. The first-order valence-electron chi connectivity index (χ1n) is 7.52. The van der Waals surface area contributed by atoms with Gasteiger partial charge in [0, 0.05) is 5.56 Å². The molecule has 25 heavy (non-hydrogen) atoms. The molecule has 2 aromatic carbocycles. The van der Waals surface area contributed by atoms with Gasteiger partial charge in [-0.25, -0.2) is 12.7 Å². The van der Waals surface area contributed by atoms with Crippen LogP contribution in [-0.2, 0) is 16.6 Å². The van der Waals surface area contributed by atoms with Crippen molar-refractivity contribution in [1.29, 1.82) is 0 Å². The lowest BCUT2D eigenvalue weighted by molar-refractivity contribution is 0.0862. The van der Waals surface area contributed by atoms with Crippen molar-refractivity contribution in [2.45, 2.75) is 18.4 Å². The van der Waals surface area contributed by atoms with E-state index in [4.69, 9.17) is 4.52 Å². The summed E-state index contributed by atoms with van der Waals surface area (Å²) in [7, 11) is -3.89. The second kappa shape index (κ2) is 5.52. The summed E-state index contributed by atoms with van der Waals surface area (Å²) in [5.74, 6) is -0.186. The molecule has 7 nitrogen and oxygen atoms in total. The number of carbonyl (C=O) groups excluding carboxylic acids is 1. The second-order valence-corrected chi connectivity index (χ2v) is 7.53. The Morgan fingerprint density at radius 1 is 1.08 bits per heavy atom. The fourth-order valence-corrected chi connectivity index (χ4v) is 4.17. The molecule has 1 aliphatic heterocycles. The summed E-state index contributed by atoms with van der Waals surface area (Å²) in [5.41, 5.74) is 1.98. The molecule has 0 N–H and O–H groups in total. The molecule has 4 rings (SSSR count). The third kappa shape index (κ3) is 2.51. The van der Waals surface area contributed by atoms with E-state index in [0.717, 1.165) is 15.4 Å². The molecule has 1 aromatic heterocycles.